The number of nitrogen functional groups attached to an aromatic ring is 1. The van der Waals surface area contributed by atoms with E-state index in [9.17, 15) is 0 Å². The number of thiophene rings is 1. The summed E-state index contributed by atoms with van der Waals surface area (Å²) in [5, 5.41) is 9.49. The fourth-order valence-corrected chi connectivity index (χ4v) is 2.55. The molecule has 2 rings (SSSR count). The van der Waals surface area contributed by atoms with Gasteiger partial charge in [0.2, 0.25) is 5.95 Å². The van der Waals surface area contributed by atoms with E-state index in [2.05, 4.69) is 34.4 Å². The number of amidine groups is 1. The number of hydrogen-bond donors (Lipinski definition) is 2. The van der Waals surface area contributed by atoms with Crippen molar-refractivity contribution in [2.75, 3.05) is 11.9 Å². The average Bonchev–Trinajstić information content (AvgIpc) is 2.90. The summed E-state index contributed by atoms with van der Waals surface area (Å²) in [7, 11) is 1.96. The van der Waals surface area contributed by atoms with E-state index in [4.69, 9.17) is 11.1 Å². The highest BCUT2D eigenvalue weighted by molar-refractivity contribution is 7.09. The second kappa shape index (κ2) is 5.79. The average molecular weight is 275 g/mol. The van der Waals surface area contributed by atoms with Crippen molar-refractivity contribution in [3.8, 4) is 0 Å². The summed E-state index contributed by atoms with van der Waals surface area (Å²) < 4.78 is 0. The van der Waals surface area contributed by atoms with Gasteiger partial charge in [0.05, 0.1) is 0 Å². The lowest BCUT2D eigenvalue weighted by molar-refractivity contribution is 0.670. The second-order valence-electron chi connectivity index (χ2n) is 4.40. The number of hydrogen-bond acceptors (Lipinski definition) is 5. The van der Waals surface area contributed by atoms with Crippen LogP contribution < -0.4 is 10.6 Å². The van der Waals surface area contributed by atoms with Gasteiger partial charge >= 0.3 is 0 Å². The molecule has 0 aliphatic carbocycles. The number of rotatable bonds is 5. The van der Waals surface area contributed by atoms with E-state index in [0.717, 1.165) is 6.42 Å². The normalized spacial score (nSPS) is 12.1. The van der Waals surface area contributed by atoms with Crippen LogP contribution in [0, 0.1) is 5.41 Å². The first kappa shape index (κ1) is 13.5. The van der Waals surface area contributed by atoms with Crippen molar-refractivity contribution < 1.29 is 0 Å². The van der Waals surface area contributed by atoms with E-state index in [1.54, 1.807) is 23.6 Å². The van der Waals surface area contributed by atoms with Crippen molar-refractivity contribution in [2.24, 2.45) is 5.73 Å². The highest BCUT2D eigenvalue weighted by Crippen LogP contribution is 2.16. The Kier molecular flexibility index (Phi) is 4.11. The Morgan fingerprint density at radius 1 is 1.53 bits per heavy atom. The Morgan fingerprint density at radius 2 is 2.32 bits per heavy atom. The zero-order valence-electron chi connectivity index (χ0n) is 11.0. The number of nitrogens with one attached hydrogen (secondary N) is 1. The summed E-state index contributed by atoms with van der Waals surface area (Å²) >= 11 is 1.75. The zero-order chi connectivity index (χ0) is 13.8. The molecular weight excluding hydrogens is 258 g/mol. The molecule has 2 aromatic heterocycles. The molecule has 0 aromatic carbocycles. The summed E-state index contributed by atoms with van der Waals surface area (Å²) in [6.07, 6.45) is 2.58. The predicted molar refractivity (Wildman–Crippen MR) is 78.9 cm³/mol. The van der Waals surface area contributed by atoms with Gasteiger partial charge in [0.1, 0.15) is 11.5 Å². The van der Waals surface area contributed by atoms with Gasteiger partial charge in [0.25, 0.3) is 0 Å². The third-order valence-corrected chi connectivity index (χ3v) is 3.87. The first-order valence-electron chi connectivity index (χ1n) is 6.00. The smallest absolute Gasteiger partial charge is 0.225 e. The van der Waals surface area contributed by atoms with Gasteiger partial charge in [-0.15, -0.1) is 11.3 Å². The third-order valence-electron chi connectivity index (χ3n) is 2.97. The molecule has 1 atom stereocenters. The maximum absolute atomic E-state index is 7.41. The third kappa shape index (κ3) is 3.29. The zero-order valence-corrected chi connectivity index (χ0v) is 11.8. The Balaban J connectivity index is 2.12. The fraction of sp³-hybridized carbons (Fsp3) is 0.308. The number of anilines is 1. The number of likely N-dealkylation sites (N-methyl/N-ethyl adjacent to an activating group) is 1. The number of aromatic nitrogens is 2. The van der Waals surface area contributed by atoms with Gasteiger partial charge < -0.3 is 10.6 Å². The van der Waals surface area contributed by atoms with Gasteiger partial charge in [-0.3, -0.25) is 5.41 Å². The monoisotopic (exact) mass is 275 g/mol. The summed E-state index contributed by atoms with van der Waals surface area (Å²) in [5.74, 6) is 0.555. The summed E-state index contributed by atoms with van der Waals surface area (Å²) in [5.41, 5.74) is 5.90. The first-order valence-corrected chi connectivity index (χ1v) is 6.88. The van der Waals surface area contributed by atoms with Crippen molar-refractivity contribution in [1.82, 2.24) is 9.97 Å². The molecule has 0 saturated carbocycles. The molecule has 0 aliphatic rings. The molecule has 1 unspecified atom stereocenters. The molecule has 0 radical (unpaired) electrons. The minimum atomic E-state index is -0.0389. The largest absolute Gasteiger partial charge is 0.382 e. The molecule has 0 spiro atoms. The maximum atomic E-state index is 7.41. The standard InChI is InChI=1S/C13H17N5S/c1-9(8-10-4-3-7-19-10)18(2)13-16-6-5-11(17-13)12(14)15/h3-7,9H,8H2,1-2H3,(H3,14,15). The second-order valence-corrected chi connectivity index (χ2v) is 5.43. The van der Waals surface area contributed by atoms with Crippen LogP contribution in [0.25, 0.3) is 0 Å². The van der Waals surface area contributed by atoms with Crippen LogP contribution in [0.15, 0.2) is 29.8 Å². The lowest BCUT2D eigenvalue weighted by Gasteiger charge is -2.24. The number of nitrogens with zero attached hydrogens (tertiary/aromatic N) is 3. The molecule has 0 bridgehead atoms. The maximum Gasteiger partial charge on any atom is 0.225 e. The van der Waals surface area contributed by atoms with Crippen molar-refractivity contribution in [3.63, 3.8) is 0 Å². The molecule has 100 valence electrons. The minimum Gasteiger partial charge on any atom is -0.382 e. The summed E-state index contributed by atoms with van der Waals surface area (Å²) in [6, 6.07) is 6.10. The van der Waals surface area contributed by atoms with Crippen LogP contribution in [0.1, 0.15) is 17.5 Å². The highest BCUT2D eigenvalue weighted by atomic mass is 32.1. The van der Waals surface area contributed by atoms with Crippen LogP contribution in [0.2, 0.25) is 0 Å². The summed E-state index contributed by atoms with van der Waals surface area (Å²) in [6.45, 7) is 2.13. The van der Waals surface area contributed by atoms with Crippen LogP contribution >= 0.6 is 11.3 Å². The molecule has 5 nitrogen and oxygen atoms in total. The van der Waals surface area contributed by atoms with Gasteiger partial charge in [-0.25, -0.2) is 9.97 Å². The van der Waals surface area contributed by atoms with Gasteiger partial charge in [0.15, 0.2) is 0 Å². The highest BCUT2D eigenvalue weighted by Gasteiger charge is 2.14. The molecule has 0 aliphatic heterocycles. The summed E-state index contributed by atoms with van der Waals surface area (Å²) in [4.78, 5) is 11.9. The van der Waals surface area contributed by atoms with Crippen LogP contribution in [-0.2, 0) is 6.42 Å². The molecule has 6 heteroatoms. The van der Waals surface area contributed by atoms with Crippen molar-refractivity contribution in [2.45, 2.75) is 19.4 Å². The van der Waals surface area contributed by atoms with Gasteiger partial charge in [-0.2, -0.15) is 0 Å². The van der Waals surface area contributed by atoms with Crippen LogP contribution in [0.5, 0.6) is 0 Å². The van der Waals surface area contributed by atoms with Crippen molar-refractivity contribution in [1.29, 1.82) is 5.41 Å². The molecule has 0 saturated heterocycles. The Labute approximate surface area is 116 Å². The SMILES string of the molecule is CC(Cc1cccs1)N(C)c1nccc(C(=N)N)n1. The van der Waals surface area contributed by atoms with E-state index in [0.29, 0.717) is 11.6 Å². The van der Waals surface area contributed by atoms with Crippen LogP contribution in [-0.4, -0.2) is 28.9 Å². The molecule has 3 N–H and O–H groups in total. The van der Waals surface area contributed by atoms with Gasteiger partial charge in [0, 0.05) is 30.6 Å². The Hall–Kier alpha value is -1.95. The Bertz CT molecular complexity index is 552. The van der Waals surface area contributed by atoms with Gasteiger partial charge in [-0.05, 0) is 24.4 Å². The van der Waals surface area contributed by atoms with Crippen molar-refractivity contribution in [3.05, 3.63) is 40.3 Å². The molecule has 0 fully saturated rings. The topological polar surface area (TPSA) is 78.9 Å². The fourth-order valence-electron chi connectivity index (χ4n) is 1.72. The van der Waals surface area contributed by atoms with E-state index in [1.807, 2.05) is 11.9 Å². The predicted octanol–water partition coefficient (Wildman–Crippen LogP) is 1.89. The number of nitrogens with two attached hydrogens (primary N) is 1. The van der Waals surface area contributed by atoms with Crippen LogP contribution in [0.4, 0.5) is 5.95 Å². The quantitative estimate of drug-likeness (QED) is 0.645. The van der Waals surface area contributed by atoms with E-state index in [-0.39, 0.29) is 11.9 Å². The lowest BCUT2D eigenvalue weighted by Crippen LogP contribution is -2.32. The van der Waals surface area contributed by atoms with Crippen molar-refractivity contribution >= 4 is 23.1 Å². The van der Waals surface area contributed by atoms with Crippen LogP contribution in [0.3, 0.4) is 0 Å². The van der Waals surface area contributed by atoms with Gasteiger partial charge in [-0.1, -0.05) is 6.07 Å². The first-order chi connectivity index (χ1) is 9.08. The molecule has 2 heterocycles. The van der Waals surface area contributed by atoms with E-state index >= 15 is 0 Å². The molecule has 2 aromatic rings. The molecule has 0 amide bonds. The van der Waals surface area contributed by atoms with E-state index < -0.39 is 0 Å². The van der Waals surface area contributed by atoms with E-state index in [1.165, 1.54) is 4.88 Å². The Morgan fingerprint density at radius 3 is 2.95 bits per heavy atom. The molecule has 19 heavy (non-hydrogen) atoms. The molecular formula is C13H17N5S. The minimum absolute atomic E-state index is 0.0389. The lowest BCUT2D eigenvalue weighted by atomic mass is 10.2.